The van der Waals surface area contributed by atoms with Gasteiger partial charge in [-0.2, -0.15) is 0 Å². The van der Waals surface area contributed by atoms with E-state index < -0.39 is 0 Å². The highest BCUT2D eigenvalue weighted by atomic mass is 79.9. The zero-order valence-corrected chi connectivity index (χ0v) is 24.3. The van der Waals surface area contributed by atoms with Crippen LogP contribution in [-0.2, 0) is 28.3 Å². The predicted molar refractivity (Wildman–Crippen MR) is 154 cm³/mol. The number of ether oxygens (including phenoxy) is 2. The minimum absolute atomic E-state index is 0.135. The Balaban J connectivity index is 1.75. The lowest BCUT2D eigenvalue weighted by molar-refractivity contribution is -0.0379. The SMILES string of the molecule is C=C/C(=C\C=C(/C)OC)n1c(=O)c2c3c(sc2n2c(SCc4ccc(Br)cc4)nnc12)COC(C)(C)C3. The van der Waals surface area contributed by atoms with Gasteiger partial charge in [-0.05, 0) is 62.3 Å². The van der Waals surface area contributed by atoms with E-state index in [0.29, 0.717) is 35.6 Å². The number of thiophene rings is 1. The third kappa shape index (κ3) is 4.95. The van der Waals surface area contributed by atoms with Gasteiger partial charge in [0.25, 0.3) is 5.56 Å². The number of hydrogen-bond acceptors (Lipinski definition) is 7. The van der Waals surface area contributed by atoms with E-state index >= 15 is 0 Å². The summed E-state index contributed by atoms with van der Waals surface area (Å²) in [5, 5.41) is 10.4. The van der Waals surface area contributed by atoms with Gasteiger partial charge in [0.2, 0.25) is 5.78 Å². The summed E-state index contributed by atoms with van der Waals surface area (Å²) in [7, 11) is 1.61. The quantitative estimate of drug-likeness (QED) is 0.136. The second-order valence-corrected chi connectivity index (χ2v) is 12.3. The summed E-state index contributed by atoms with van der Waals surface area (Å²) in [6.07, 6.45) is 5.93. The number of methoxy groups -OCH3 is 1. The Morgan fingerprint density at radius 2 is 2.05 bits per heavy atom. The Morgan fingerprint density at radius 1 is 1.30 bits per heavy atom. The molecule has 192 valence electrons. The third-order valence-corrected chi connectivity index (χ3v) is 8.98. The molecule has 0 unspecified atom stereocenters. The zero-order valence-electron chi connectivity index (χ0n) is 21.1. The number of aromatic nitrogens is 4. The van der Waals surface area contributed by atoms with Crippen molar-refractivity contribution in [1.29, 1.82) is 0 Å². The van der Waals surface area contributed by atoms with Crippen LogP contribution in [-0.4, -0.2) is 31.9 Å². The van der Waals surface area contributed by atoms with Crippen LogP contribution in [0.4, 0.5) is 0 Å². The van der Waals surface area contributed by atoms with Crippen molar-refractivity contribution in [3.05, 3.63) is 85.7 Å². The number of thioether (sulfide) groups is 1. The molecule has 5 rings (SSSR count). The van der Waals surface area contributed by atoms with Gasteiger partial charge in [-0.15, -0.1) is 21.5 Å². The van der Waals surface area contributed by atoms with E-state index in [1.54, 1.807) is 40.9 Å². The Labute approximate surface area is 231 Å². The molecule has 10 heteroatoms. The van der Waals surface area contributed by atoms with E-state index in [9.17, 15) is 4.79 Å². The van der Waals surface area contributed by atoms with Crippen molar-refractivity contribution in [2.45, 2.75) is 50.3 Å². The summed E-state index contributed by atoms with van der Waals surface area (Å²) in [4.78, 5) is 16.0. The molecule has 7 nitrogen and oxygen atoms in total. The molecule has 0 spiro atoms. The molecule has 4 heterocycles. The summed E-state index contributed by atoms with van der Waals surface area (Å²) >= 11 is 6.67. The van der Waals surface area contributed by atoms with Crippen LogP contribution >= 0.6 is 39.0 Å². The molecule has 0 amide bonds. The van der Waals surface area contributed by atoms with E-state index in [1.807, 2.05) is 35.6 Å². The maximum atomic E-state index is 14.1. The number of hydrogen-bond donors (Lipinski definition) is 0. The Bertz CT molecular complexity index is 1630. The standard InChI is InChI=1S/C27H27BrN4O3S2/c1-6-19(12-7-16(2)34-5)31-23(33)22-20-13-27(3,4)35-14-21(20)37-24(22)32-25(31)29-30-26(32)36-15-17-8-10-18(28)11-9-17/h6-12H,1,13-15H2,2-5H3/b16-7+,19-12+. The van der Waals surface area contributed by atoms with Gasteiger partial charge in [0.05, 0.1) is 36.2 Å². The van der Waals surface area contributed by atoms with Crippen LogP contribution in [0.2, 0.25) is 0 Å². The first-order valence-electron chi connectivity index (χ1n) is 11.7. The van der Waals surface area contributed by atoms with Gasteiger partial charge in [-0.25, -0.2) is 8.97 Å². The van der Waals surface area contributed by atoms with Crippen LogP contribution in [0.25, 0.3) is 21.7 Å². The van der Waals surface area contributed by atoms with E-state index in [1.165, 1.54) is 5.56 Å². The van der Waals surface area contributed by atoms with Crippen molar-refractivity contribution in [3.63, 3.8) is 0 Å². The topological polar surface area (TPSA) is 70.7 Å². The molecule has 0 radical (unpaired) electrons. The molecule has 0 bridgehead atoms. The number of nitrogens with zero attached hydrogens (tertiary/aromatic N) is 4. The summed E-state index contributed by atoms with van der Waals surface area (Å²) in [5.41, 5.74) is 2.32. The second-order valence-electron chi connectivity index (χ2n) is 9.36. The molecule has 0 fully saturated rings. The molecule has 4 aromatic rings. The van der Waals surface area contributed by atoms with Gasteiger partial charge < -0.3 is 9.47 Å². The van der Waals surface area contributed by atoms with Crippen molar-refractivity contribution < 1.29 is 9.47 Å². The Hall–Kier alpha value is -2.66. The monoisotopic (exact) mass is 598 g/mol. The van der Waals surface area contributed by atoms with Crippen molar-refractivity contribution in [2.75, 3.05) is 7.11 Å². The van der Waals surface area contributed by atoms with Gasteiger partial charge in [0.1, 0.15) is 4.83 Å². The minimum Gasteiger partial charge on any atom is -0.501 e. The highest BCUT2D eigenvalue weighted by Gasteiger charge is 2.32. The third-order valence-electron chi connectivity index (χ3n) is 6.26. The second kappa shape index (κ2) is 10.2. The molecule has 0 N–H and O–H groups in total. The van der Waals surface area contributed by atoms with E-state index in [-0.39, 0.29) is 11.2 Å². The van der Waals surface area contributed by atoms with Crippen molar-refractivity contribution in [1.82, 2.24) is 19.2 Å². The predicted octanol–water partition coefficient (Wildman–Crippen LogP) is 6.59. The fraction of sp³-hybridized carbons (Fsp3) is 0.296. The smallest absolute Gasteiger partial charge is 0.268 e. The number of benzene rings is 1. The molecule has 1 aliphatic heterocycles. The van der Waals surface area contributed by atoms with Crippen LogP contribution in [0, 0.1) is 0 Å². The summed E-state index contributed by atoms with van der Waals surface area (Å²) < 4.78 is 16.0. The lowest BCUT2D eigenvalue weighted by Crippen LogP contribution is -2.32. The van der Waals surface area contributed by atoms with Gasteiger partial charge in [0.15, 0.2) is 5.16 Å². The van der Waals surface area contributed by atoms with Gasteiger partial charge in [-0.1, -0.05) is 46.4 Å². The first-order chi connectivity index (χ1) is 17.7. The maximum Gasteiger partial charge on any atom is 0.268 e. The molecule has 1 aromatic carbocycles. The molecule has 0 aliphatic carbocycles. The maximum absolute atomic E-state index is 14.1. The summed E-state index contributed by atoms with van der Waals surface area (Å²) in [5.74, 6) is 1.88. The van der Waals surface area contributed by atoms with Crippen molar-refractivity contribution >= 4 is 60.7 Å². The average molecular weight is 600 g/mol. The molecule has 0 saturated heterocycles. The largest absolute Gasteiger partial charge is 0.501 e. The lowest BCUT2D eigenvalue weighted by Gasteiger charge is -2.29. The summed E-state index contributed by atoms with van der Waals surface area (Å²) in [6, 6.07) is 8.22. The van der Waals surface area contributed by atoms with Crippen LogP contribution in [0.5, 0.6) is 0 Å². The van der Waals surface area contributed by atoms with Gasteiger partial charge >= 0.3 is 0 Å². The average Bonchev–Trinajstić information content (AvgIpc) is 3.46. The first-order valence-corrected chi connectivity index (χ1v) is 14.3. The van der Waals surface area contributed by atoms with E-state index in [4.69, 9.17) is 9.47 Å². The number of rotatable bonds is 7. The fourth-order valence-electron chi connectivity index (χ4n) is 4.26. The Morgan fingerprint density at radius 3 is 2.76 bits per heavy atom. The fourth-order valence-corrected chi connectivity index (χ4v) is 6.70. The van der Waals surface area contributed by atoms with Crippen LogP contribution in [0.15, 0.2) is 69.3 Å². The molecular weight excluding hydrogens is 572 g/mol. The van der Waals surface area contributed by atoms with E-state index in [0.717, 1.165) is 30.7 Å². The summed E-state index contributed by atoms with van der Waals surface area (Å²) in [6.45, 7) is 10.4. The molecule has 37 heavy (non-hydrogen) atoms. The highest BCUT2D eigenvalue weighted by molar-refractivity contribution is 9.10. The minimum atomic E-state index is -0.352. The number of halogens is 1. The first kappa shape index (κ1) is 26.0. The zero-order chi connectivity index (χ0) is 26.3. The van der Waals surface area contributed by atoms with Crippen molar-refractivity contribution in [3.8, 4) is 0 Å². The Kier molecular flexibility index (Phi) is 7.19. The van der Waals surface area contributed by atoms with E-state index in [2.05, 4.69) is 58.7 Å². The van der Waals surface area contributed by atoms with Crippen molar-refractivity contribution in [2.24, 2.45) is 0 Å². The normalized spacial score (nSPS) is 15.8. The molecule has 1 aliphatic rings. The molecule has 0 saturated carbocycles. The van der Waals surface area contributed by atoms with Crippen LogP contribution in [0.3, 0.4) is 0 Å². The molecule has 3 aromatic heterocycles. The molecule has 0 atom stereocenters. The van der Waals surface area contributed by atoms with Gasteiger partial charge in [0, 0.05) is 21.5 Å². The lowest BCUT2D eigenvalue weighted by atomic mass is 9.94. The number of fused-ring (bicyclic) bond motifs is 5. The number of allylic oxidation sites excluding steroid dienone is 5. The van der Waals surface area contributed by atoms with Crippen LogP contribution in [0.1, 0.15) is 36.8 Å². The molecular formula is C27H27BrN4O3S2. The van der Waals surface area contributed by atoms with Crippen LogP contribution < -0.4 is 5.56 Å². The van der Waals surface area contributed by atoms with Gasteiger partial charge in [-0.3, -0.25) is 4.79 Å². The highest BCUT2D eigenvalue weighted by Crippen LogP contribution is 2.39.